The molecule has 0 radical (unpaired) electrons. The maximum Gasteiger partial charge on any atom is 0.331 e. The van der Waals surface area contributed by atoms with Crippen LogP contribution in [0.1, 0.15) is 64.0 Å². The van der Waals surface area contributed by atoms with Crippen LogP contribution in [-0.2, 0) is 19.0 Å². The van der Waals surface area contributed by atoms with Crippen LogP contribution < -0.4 is 4.74 Å². The smallest absolute Gasteiger partial charge is 0.331 e. The van der Waals surface area contributed by atoms with E-state index in [0.29, 0.717) is 17.4 Å². The van der Waals surface area contributed by atoms with E-state index in [9.17, 15) is 25.2 Å². The summed E-state index contributed by atoms with van der Waals surface area (Å²) in [5, 5.41) is 40.7. The standard InChI is InChI=1S/C31H42O9/c1-31(2,3)40-24(33)8-7-18-5-6-19(14-22(18)38-30-28(36)27(35)26(34)23(15-32)39-30)29(37-4)25-20-10-16-9-17(12-20)13-21(25)11-16/h5-8,14,16-17,20-21,23,26-28,30,32,34-36H,9-13,15H2,1-4H3/b8-7+,29-25?. The number of esters is 1. The van der Waals surface area contributed by atoms with E-state index in [-0.39, 0.29) is 5.75 Å². The Morgan fingerprint density at radius 1 is 1.00 bits per heavy atom. The van der Waals surface area contributed by atoms with Crippen LogP contribution in [0.4, 0.5) is 0 Å². The Balaban J connectivity index is 1.50. The predicted octanol–water partition coefficient (Wildman–Crippen LogP) is 3.03. The monoisotopic (exact) mass is 558 g/mol. The third kappa shape index (κ3) is 5.94. The van der Waals surface area contributed by atoms with Gasteiger partial charge in [0, 0.05) is 17.2 Å². The lowest BCUT2D eigenvalue weighted by Gasteiger charge is -2.51. The summed E-state index contributed by atoms with van der Waals surface area (Å²) in [5.41, 5.74) is 2.03. The van der Waals surface area contributed by atoms with Crippen molar-refractivity contribution in [1.29, 1.82) is 0 Å². The van der Waals surface area contributed by atoms with Crippen molar-refractivity contribution in [2.75, 3.05) is 13.7 Å². The number of benzene rings is 1. The van der Waals surface area contributed by atoms with Crippen LogP contribution >= 0.6 is 0 Å². The van der Waals surface area contributed by atoms with Crippen molar-refractivity contribution in [1.82, 2.24) is 0 Å². The number of methoxy groups -OCH3 is 1. The molecular weight excluding hydrogens is 516 g/mol. The Kier molecular flexibility index (Phi) is 8.32. The molecule has 1 aromatic rings. The van der Waals surface area contributed by atoms with Gasteiger partial charge in [0.05, 0.1) is 13.7 Å². The summed E-state index contributed by atoms with van der Waals surface area (Å²) in [6.07, 6.45) is 1.83. The van der Waals surface area contributed by atoms with E-state index in [0.717, 1.165) is 23.2 Å². The van der Waals surface area contributed by atoms with Gasteiger partial charge < -0.3 is 39.4 Å². The number of aliphatic hydroxyl groups is 4. The first kappa shape index (κ1) is 29.1. The van der Waals surface area contributed by atoms with Crippen molar-refractivity contribution < 1.29 is 44.2 Å². The van der Waals surface area contributed by atoms with Gasteiger partial charge >= 0.3 is 5.97 Å². The Labute approximate surface area is 235 Å². The number of rotatable bonds is 7. The summed E-state index contributed by atoms with van der Waals surface area (Å²) >= 11 is 0. The second-order valence-corrected chi connectivity index (χ2v) is 12.7. The zero-order chi connectivity index (χ0) is 28.8. The van der Waals surface area contributed by atoms with Gasteiger partial charge in [-0.05, 0) is 94.3 Å². The molecule has 0 aromatic heterocycles. The van der Waals surface area contributed by atoms with Crippen molar-refractivity contribution in [2.45, 2.75) is 89.2 Å². The largest absolute Gasteiger partial charge is 0.496 e. The van der Waals surface area contributed by atoms with E-state index in [2.05, 4.69) is 0 Å². The molecular formula is C31H42O9. The van der Waals surface area contributed by atoms with E-state index in [1.807, 2.05) is 6.07 Å². The van der Waals surface area contributed by atoms with Crippen LogP contribution in [0, 0.1) is 23.7 Å². The quantitative estimate of drug-likeness (QED) is 0.226. The van der Waals surface area contributed by atoms with Crippen LogP contribution in [0.25, 0.3) is 11.8 Å². The molecule has 5 unspecified atom stereocenters. The van der Waals surface area contributed by atoms with Crippen LogP contribution in [0.2, 0.25) is 0 Å². The highest BCUT2D eigenvalue weighted by molar-refractivity contribution is 5.88. The van der Waals surface area contributed by atoms with Crippen molar-refractivity contribution >= 4 is 17.8 Å². The van der Waals surface area contributed by atoms with Crippen LogP contribution in [0.3, 0.4) is 0 Å². The average molecular weight is 559 g/mol. The Morgan fingerprint density at radius 2 is 1.65 bits per heavy atom. The summed E-state index contributed by atoms with van der Waals surface area (Å²) in [6, 6.07) is 5.50. The summed E-state index contributed by atoms with van der Waals surface area (Å²) in [4.78, 5) is 12.4. The molecule has 5 aliphatic rings. The van der Waals surface area contributed by atoms with Crippen molar-refractivity contribution in [3.63, 3.8) is 0 Å². The van der Waals surface area contributed by atoms with E-state index >= 15 is 0 Å². The Bertz CT molecular complexity index is 1120. The molecule has 220 valence electrons. The van der Waals surface area contributed by atoms with Crippen molar-refractivity contribution in [3.8, 4) is 5.75 Å². The maximum absolute atomic E-state index is 12.4. The average Bonchev–Trinajstić information content (AvgIpc) is 2.89. The number of aliphatic hydroxyl groups excluding tert-OH is 4. The molecule has 1 saturated heterocycles. The highest BCUT2D eigenvalue weighted by Crippen LogP contribution is 2.58. The summed E-state index contributed by atoms with van der Waals surface area (Å²) in [7, 11) is 1.68. The van der Waals surface area contributed by atoms with Gasteiger partial charge in [-0.3, -0.25) is 0 Å². The van der Waals surface area contributed by atoms with Crippen LogP contribution in [-0.4, -0.2) is 76.4 Å². The second-order valence-electron chi connectivity index (χ2n) is 12.7. The molecule has 1 heterocycles. The number of allylic oxidation sites excluding steroid dienone is 1. The molecule has 1 aromatic carbocycles. The molecule has 4 bridgehead atoms. The number of hydrogen-bond acceptors (Lipinski definition) is 9. The number of ether oxygens (including phenoxy) is 4. The lowest BCUT2D eigenvalue weighted by molar-refractivity contribution is -0.277. The molecule has 40 heavy (non-hydrogen) atoms. The van der Waals surface area contributed by atoms with Gasteiger partial charge in [-0.1, -0.05) is 12.1 Å². The molecule has 5 atom stereocenters. The molecule has 4 saturated carbocycles. The van der Waals surface area contributed by atoms with Gasteiger partial charge in [0.25, 0.3) is 0 Å². The zero-order valence-corrected chi connectivity index (χ0v) is 23.7. The maximum atomic E-state index is 12.4. The minimum atomic E-state index is -1.58. The lowest BCUT2D eigenvalue weighted by atomic mass is 9.54. The van der Waals surface area contributed by atoms with Crippen LogP contribution in [0.15, 0.2) is 29.8 Å². The van der Waals surface area contributed by atoms with E-state index < -0.39 is 48.9 Å². The summed E-state index contributed by atoms with van der Waals surface area (Å²) in [6.45, 7) is 4.78. The number of carbonyl (C=O) groups excluding carboxylic acids is 1. The fourth-order valence-corrected chi connectivity index (χ4v) is 7.16. The normalized spacial score (nSPS) is 35.2. The molecule has 9 nitrogen and oxygen atoms in total. The lowest BCUT2D eigenvalue weighted by Crippen LogP contribution is -2.60. The molecule has 0 amide bonds. The Hall–Kier alpha value is -2.43. The fraction of sp³-hybridized carbons (Fsp3) is 0.645. The molecule has 9 heteroatoms. The van der Waals surface area contributed by atoms with Crippen LogP contribution in [0.5, 0.6) is 5.75 Å². The topological polar surface area (TPSA) is 135 Å². The molecule has 0 spiro atoms. The first-order valence-electron chi connectivity index (χ1n) is 14.3. The number of carbonyl (C=O) groups is 1. The predicted molar refractivity (Wildman–Crippen MR) is 147 cm³/mol. The van der Waals surface area contributed by atoms with E-state index in [1.54, 1.807) is 46.1 Å². The first-order valence-corrected chi connectivity index (χ1v) is 14.3. The highest BCUT2D eigenvalue weighted by atomic mass is 16.7. The van der Waals surface area contributed by atoms with Crippen molar-refractivity contribution in [3.05, 3.63) is 41.0 Å². The number of hydrogen-bond donors (Lipinski definition) is 4. The minimum absolute atomic E-state index is 0.278. The van der Waals surface area contributed by atoms with Gasteiger partial charge in [0.2, 0.25) is 6.29 Å². The molecule has 4 aliphatic carbocycles. The van der Waals surface area contributed by atoms with E-state index in [1.165, 1.54) is 43.8 Å². The third-order valence-corrected chi connectivity index (χ3v) is 8.66. The molecule has 1 aliphatic heterocycles. The summed E-state index contributed by atoms with van der Waals surface area (Å²) in [5.74, 6) is 3.20. The molecule has 6 rings (SSSR count). The molecule has 5 fully saturated rings. The zero-order valence-electron chi connectivity index (χ0n) is 23.7. The van der Waals surface area contributed by atoms with Gasteiger partial charge in [0.1, 0.15) is 41.5 Å². The van der Waals surface area contributed by atoms with E-state index in [4.69, 9.17) is 18.9 Å². The van der Waals surface area contributed by atoms with Gasteiger partial charge in [-0.2, -0.15) is 0 Å². The highest BCUT2D eigenvalue weighted by Gasteiger charge is 2.47. The first-order chi connectivity index (χ1) is 19.0. The van der Waals surface area contributed by atoms with Gasteiger partial charge in [-0.25, -0.2) is 4.79 Å². The SMILES string of the molecule is COC(=C1C2CC3CC(C2)CC1C3)c1ccc(/C=C/C(=O)OC(C)(C)C)c(OC2OC(CO)C(O)C(O)C2O)c1. The van der Waals surface area contributed by atoms with Gasteiger partial charge in [-0.15, -0.1) is 0 Å². The van der Waals surface area contributed by atoms with Gasteiger partial charge in [0.15, 0.2) is 0 Å². The summed E-state index contributed by atoms with van der Waals surface area (Å²) < 4.78 is 23.1. The fourth-order valence-electron chi connectivity index (χ4n) is 7.16. The third-order valence-electron chi connectivity index (χ3n) is 8.66. The molecule has 4 N–H and O–H groups in total. The second kappa shape index (κ2) is 11.4. The Morgan fingerprint density at radius 3 is 2.23 bits per heavy atom. The van der Waals surface area contributed by atoms with Crippen molar-refractivity contribution in [2.24, 2.45) is 23.7 Å². The minimum Gasteiger partial charge on any atom is -0.496 e.